The molecule has 1 aromatic rings. The van der Waals surface area contributed by atoms with E-state index in [2.05, 4.69) is 11.6 Å². The second kappa shape index (κ2) is 5.58. The van der Waals surface area contributed by atoms with Crippen molar-refractivity contribution in [2.45, 2.75) is 10.2 Å². The number of nitrogens with two attached hydrogens (primary N) is 1. The molecule has 0 unspecified atom stereocenters. The van der Waals surface area contributed by atoms with Crippen molar-refractivity contribution in [1.82, 2.24) is 0 Å². The molecule has 5 heteroatoms. The largest absolute Gasteiger partial charge is 0.384 e. The van der Waals surface area contributed by atoms with Crippen LogP contribution in [0.25, 0.3) is 0 Å². The van der Waals surface area contributed by atoms with Crippen LogP contribution in [0.3, 0.4) is 0 Å². The Labute approximate surface area is 110 Å². The minimum absolute atomic E-state index is 0.0472. The molecular weight excluding hydrogens is 266 g/mol. The summed E-state index contributed by atoms with van der Waals surface area (Å²) < 4.78 is -1.68. The van der Waals surface area contributed by atoms with Gasteiger partial charge in [-0.3, -0.25) is 0 Å². The van der Waals surface area contributed by atoms with Gasteiger partial charge in [0.25, 0.3) is 0 Å². The zero-order valence-corrected chi connectivity index (χ0v) is 10.7. The number of hydrogen-bond acceptors (Lipinski definition) is 1. The van der Waals surface area contributed by atoms with Crippen molar-refractivity contribution < 1.29 is 0 Å². The lowest BCUT2D eigenvalue weighted by Gasteiger charge is -2.10. The Morgan fingerprint density at radius 1 is 1.38 bits per heavy atom. The maximum Gasteiger partial charge on any atom is 0.247 e. The average Bonchev–Trinajstić information content (AvgIpc) is 2.20. The lowest BCUT2D eigenvalue weighted by Crippen LogP contribution is -2.27. The molecule has 0 aliphatic carbocycles. The second-order valence-electron chi connectivity index (χ2n) is 3.12. The number of allylic oxidation sites excluding steroid dienone is 1. The van der Waals surface area contributed by atoms with Gasteiger partial charge in [0.2, 0.25) is 3.79 Å². The standard InChI is InChI=1S/C11H11Cl3N2/c1-2-5-8-6-3-4-7-9(8)16-10(15)11(12,13)14/h2-4,6-7H,1,5H2,(H2,15,16). The van der Waals surface area contributed by atoms with E-state index in [0.29, 0.717) is 12.1 Å². The Balaban J connectivity index is 3.09. The number of nitrogens with zero attached hydrogens (tertiary/aromatic N) is 1. The number of rotatable bonds is 3. The molecule has 16 heavy (non-hydrogen) atoms. The molecule has 0 atom stereocenters. The normalized spacial score (nSPS) is 12.6. The van der Waals surface area contributed by atoms with Crippen molar-refractivity contribution in [3.05, 3.63) is 42.5 Å². The molecule has 0 fully saturated rings. The maximum absolute atomic E-state index is 5.62. The van der Waals surface area contributed by atoms with Crippen LogP contribution in [0.1, 0.15) is 5.56 Å². The number of aliphatic imine (C=N–C) groups is 1. The van der Waals surface area contributed by atoms with Gasteiger partial charge in [0.05, 0.1) is 5.69 Å². The van der Waals surface area contributed by atoms with Gasteiger partial charge in [0, 0.05) is 0 Å². The van der Waals surface area contributed by atoms with E-state index < -0.39 is 3.79 Å². The highest BCUT2D eigenvalue weighted by atomic mass is 35.6. The highest BCUT2D eigenvalue weighted by Crippen LogP contribution is 2.28. The minimum atomic E-state index is -1.68. The van der Waals surface area contributed by atoms with E-state index in [9.17, 15) is 0 Å². The van der Waals surface area contributed by atoms with E-state index in [1.54, 1.807) is 6.08 Å². The highest BCUT2D eigenvalue weighted by molar-refractivity contribution is 6.76. The first kappa shape index (κ1) is 13.4. The van der Waals surface area contributed by atoms with Crippen LogP contribution in [0.2, 0.25) is 0 Å². The summed E-state index contributed by atoms with van der Waals surface area (Å²) >= 11 is 16.9. The molecule has 2 N–H and O–H groups in total. The summed E-state index contributed by atoms with van der Waals surface area (Å²) in [5, 5.41) is 0. The summed E-state index contributed by atoms with van der Waals surface area (Å²) in [7, 11) is 0. The molecule has 86 valence electrons. The average molecular weight is 278 g/mol. The minimum Gasteiger partial charge on any atom is -0.384 e. The molecule has 0 aliphatic rings. The van der Waals surface area contributed by atoms with Crippen molar-refractivity contribution in [2.24, 2.45) is 10.7 Å². The summed E-state index contributed by atoms with van der Waals surface area (Å²) in [5.41, 5.74) is 7.24. The predicted molar refractivity (Wildman–Crippen MR) is 71.9 cm³/mol. The van der Waals surface area contributed by atoms with Crippen molar-refractivity contribution >= 4 is 46.3 Å². The van der Waals surface area contributed by atoms with Gasteiger partial charge in [-0.05, 0) is 18.1 Å². The van der Waals surface area contributed by atoms with E-state index in [-0.39, 0.29) is 5.84 Å². The summed E-state index contributed by atoms with van der Waals surface area (Å²) in [6, 6.07) is 7.48. The molecule has 2 nitrogen and oxygen atoms in total. The molecule has 1 rings (SSSR count). The predicted octanol–water partition coefficient (Wildman–Crippen LogP) is 3.77. The molecule has 0 aromatic heterocycles. The molecule has 0 saturated heterocycles. The van der Waals surface area contributed by atoms with Gasteiger partial charge >= 0.3 is 0 Å². The van der Waals surface area contributed by atoms with Gasteiger partial charge in [0.15, 0.2) is 5.84 Å². The Bertz CT molecular complexity index is 408. The fourth-order valence-corrected chi connectivity index (χ4v) is 1.27. The van der Waals surface area contributed by atoms with E-state index >= 15 is 0 Å². The van der Waals surface area contributed by atoms with Crippen molar-refractivity contribution in [3.63, 3.8) is 0 Å². The number of benzene rings is 1. The summed E-state index contributed by atoms with van der Waals surface area (Å²) in [6.07, 6.45) is 2.46. The van der Waals surface area contributed by atoms with E-state index in [1.165, 1.54) is 0 Å². The van der Waals surface area contributed by atoms with Crippen molar-refractivity contribution in [3.8, 4) is 0 Å². The van der Waals surface area contributed by atoms with Gasteiger partial charge in [-0.2, -0.15) is 0 Å². The number of amidine groups is 1. The Morgan fingerprint density at radius 3 is 2.56 bits per heavy atom. The van der Waals surface area contributed by atoms with Crippen LogP contribution in [0.4, 0.5) is 5.69 Å². The highest BCUT2D eigenvalue weighted by Gasteiger charge is 2.25. The van der Waals surface area contributed by atoms with Crippen LogP contribution in [0.5, 0.6) is 0 Å². The van der Waals surface area contributed by atoms with Gasteiger partial charge in [-0.1, -0.05) is 59.1 Å². The monoisotopic (exact) mass is 276 g/mol. The van der Waals surface area contributed by atoms with Crippen molar-refractivity contribution in [1.29, 1.82) is 0 Å². The molecule has 0 bridgehead atoms. The first-order chi connectivity index (χ1) is 7.45. The second-order valence-corrected chi connectivity index (χ2v) is 5.40. The Kier molecular flexibility index (Phi) is 4.66. The van der Waals surface area contributed by atoms with Gasteiger partial charge < -0.3 is 5.73 Å². The number of halogens is 3. The molecule has 0 aliphatic heterocycles. The Morgan fingerprint density at radius 2 is 2.00 bits per heavy atom. The fraction of sp³-hybridized carbons (Fsp3) is 0.182. The van der Waals surface area contributed by atoms with Crippen LogP contribution in [-0.4, -0.2) is 9.63 Å². The fourth-order valence-electron chi connectivity index (χ4n) is 1.14. The molecule has 0 radical (unpaired) electrons. The zero-order chi connectivity index (χ0) is 12.2. The number of para-hydroxylation sites is 1. The third-order valence-electron chi connectivity index (χ3n) is 1.89. The SMILES string of the molecule is C=CCc1ccccc1N=C(N)C(Cl)(Cl)Cl. The van der Waals surface area contributed by atoms with Gasteiger partial charge in [-0.25, -0.2) is 4.99 Å². The molecule has 0 heterocycles. The van der Waals surface area contributed by atoms with Crippen LogP contribution >= 0.6 is 34.8 Å². The molecule has 0 saturated carbocycles. The van der Waals surface area contributed by atoms with Crippen molar-refractivity contribution in [2.75, 3.05) is 0 Å². The molecule has 0 amide bonds. The van der Waals surface area contributed by atoms with Crippen LogP contribution in [0.15, 0.2) is 41.9 Å². The van der Waals surface area contributed by atoms with Crippen LogP contribution in [-0.2, 0) is 6.42 Å². The van der Waals surface area contributed by atoms with E-state index in [4.69, 9.17) is 40.5 Å². The molecular formula is C11H11Cl3N2. The van der Waals surface area contributed by atoms with Crippen LogP contribution in [0, 0.1) is 0 Å². The Hall–Kier alpha value is -0.700. The molecule has 0 spiro atoms. The first-order valence-corrected chi connectivity index (χ1v) is 5.68. The maximum atomic E-state index is 5.62. The zero-order valence-electron chi connectivity index (χ0n) is 8.46. The van der Waals surface area contributed by atoms with E-state index in [0.717, 1.165) is 5.56 Å². The molecule has 1 aromatic carbocycles. The van der Waals surface area contributed by atoms with Crippen LogP contribution < -0.4 is 5.73 Å². The lowest BCUT2D eigenvalue weighted by atomic mass is 10.1. The topological polar surface area (TPSA) is 38.4 Å². The summed E-state index contributed by atoms with van der Waals surface area (Å²) in [4.78, 5) is 4.10. The third kappa shape index (κ3) is 3.71. The van der Waals surface area contributed by atoms with Gasteiger partial charge in [0.1, 0.15) is 0 Å². The first-order valence-electron chi connectivity index (χ1n) is 4.55. The smallest absolute Gasteiger partial charge is 0.247 e. The number of alkyl halides is 3. The lowest BCUT2D eigenvalue weighted by molar-refractivity contribution is 1.24. The summed E-state index contributed by atoms with van der Waals surface area (Å²) in [5.74, 6) is -0.0472. The van der Waals surface area contributed by atoms with E-state index in [1.807, 2.05) is 24.3 Å². The quantitative estimate of drug-likeness (QED) is 0.388. The third-order valence-corrected chi connectivity index (χ3v) is 2.47. The summed E-state index contributed by atoms with van der Waals surface area (Å²) in [6.45, 7) is 3.67. The van der Waals surface area contributed by atoms with Gasteiger partial charge in [-0.15, -0.1) is 6.58 Å². The number of hydrogen-bond donors (Lipinski definition) is 1.